The molecule has 19 heavy (non-hydrogen) atoms. The van der Waals surface area contributed by atoms with Gasteiger partial charge in [0.1, 0.15) is 11.9 Å². The highest BCUT2D eigenvalue weighted by Crippen LogP contribution is 2.29. The van der Waals surface area contributed by atoms with Crippen LogP contribution in [-0.2, 0) is 19.1 Å². The van der Waals surface area contributed by atoms with E-state index in [1.807, 2.05) is 6.92 Å². The Hall–Kier alpha value is -1.87. The van der Waals surface area contributed by atoms with E-state index in [1.165, 1.54) is 4.90 Å². The van der Waals surface area contributed by atoms with Gasteiger partial charge in [0.25, 0.3) is 0 Å². The number of nitrogens with one attached hydrogen (secondary N) is 1. The number of carbonyl (C=O) groups excluding carboxylic acids is 3. The van der Waals surface area contributed by atoms with E-state index in [2.05, 4.69) is 11.2 Å². The molecule has 0 aromatic heterocycles. The van der Waals surface area contributed by atoms with E-state index in [0.29, 0.717) is 25.7 Å². The Morgan fingerprint density at radius 1 is 1.63 bits per heavy atom. The van der Waals surface area contributed by atoms with Crippen molar-refractivity contribution in [1.82, 2.24) is 10.2 Å². The molecule has 0 bridgehead atoms. The number of likely N-dealkylation sites (tertiary alicyclic amines) is 1. The van der Waals surface area contributed by atoms with E-state index in [9.17, 15) is 14.4 Å². The SMILES string of the molecule is C#CC1(OCCC)CC(C=O)N(C(=O)CNC=O)C1. The van der Waals surface area contributed by atoms with Crippen molar-refractivity contribution < 1.29 is 19.1 Å². The lowest BCUT2D eigenvalue weighted by atomic mass is 10.0. The molecular formula is C13H18N2O4. The van der Waals surface area contributed by atoms with Gasteiger partial charge in [-0.25, -0.2) is 0 Å². The van der Waals surface area contributed by atoms with Gasteiger partial charge in [0, 0.05) is 13.0 Å². The normalized spacial score (nSPS) is 25.7. The summed E-state index contributed by atoms with van der Waals surface area (Å²) in [5.41, 5.74) is -0.904. The van der Waals surface area contributed by atoms with Crippen LogP contribution in [0, 0.1) is 12.3 Å². The lowest BCUT2D eigenvalue weighted by Gasteiger charge is -2.24. The van der Waals surface area contributed by atoms with Gasteiger partial charge >= 0.3 is 0 Å². The number of nitrogens with zero attached hydrogens (tertiary/aromatic N) is 1. The molecule has 0 spiro atoms. The van der Waals surface area contributed by atoms with Gasteiger partial charge in [-0.15, -0.1) is 6.42 Å². The highest BCUT2D eigenvalue weighted by atomic mass is 16.5. The highest BCUT2D eigenvalue weighted by molar-refractivity contribution is 5.83. The molecule has 1 fully saturated rings. The molecule has 2 atom stereocenters. The Kier molecular flexibility index (Phi) is 5.52. The fraction of sp³-hybridized carbons (Fsp3) is 0.615. The number of carbonyl (C=O) groups is 3. The van der Waals surface area contributed by atoms with Crippen molar-refractivity contribution in [3.8, 4) is 12.3 Å². The van der Waals surface area contributed by atoms with Gasteiger partial charge in [0.05, 0.1) is 19.1 Å². The summed E-state index contributed by atoms with van der Waals surface area (Å²) in [4.78, 5) is 34.5. The number of rotatable bonds is 7. The molecule has 1 aliphatic heterocycles. The van der Waals surface area contributed by atoms with Crippen LogP contribution < -0.4 is 5.32 Å². The maximum Gasteiger partial charge on any atom is 0.242 e. The Morgan fingerprint density at radius 2 is 2.37 bits per heavy atom. The quantitative estimate of drug-likeness (QED) is 0.490. The van der Waals surface area contributed by atoms with Gasteiger partial charge in [-0.3, -0.25) is 9.59 Å². The minimum atomic E-state index is -0.904. The molecule has 1 aliphatic rings. The van der Waals surface area contributed by atoms with Crippen LogP contribution in [-0.4, -0.2) is 54.8 Å². The van der Waals surface area contributed by atoms with E-state index in [0.717, 1.165) is 6.42 Å². The largest absolute Gasteiger partial charge is 0.360 e. The summed E-state index contributed by atoms with van der Waals surface area (Å²) >= 11 is 0. The summed E-state index contributed by atoms with van der Waals surface area (Å²) in [5, 5.41) is 2.28. The number of hydrogen-bond donors (Lipinski definition) is 1. The number of aldehydes is 1. The van der Waals surface area contributed by atoms with Crippen LogP contribution in [0.2, 0.25) is 0 Å². The van der Waals surface area contributed by atoms with Crippen LogP contribution >= 0.6 is 0 Å². The third kappa shape index (κ3) is 3.55. The van der Waals surface area contributed by atoms with Crippen molar-refractivity contribution in [2.45, 2.75) is 31.4 Å². The van der Waals surface area contributed by atoms with Gasteiger partial charge in [-0.1, -0.05) is 12.8 Å². The number of ether oxygens (including phenoxy) is 1. The summed E-state index contributed by atoms with van der Waals surface area (Å²) in [5.74, 6) is 2.21. The lowest BCUT2D eigenvalue weighted by molar-refractivity contribution is -0.134. The maximum absolute atomic E-state index is 11.9. The molecule has 0 aromatic rings. The van der Waals surface area contributed by atoms with Crippen molar-refractivity contribution >= 4 is 18.6 Å². The third-order valence-electron chi connectivity index (χ3n) is 3.02. The summed E-state index contributed by atoms with van der Waals surface area (Å²) in [6.45, 7) is 2.45. The van der Waals surface area contributed by atoms with Crippen molar-refractivity contribution in [3.63, 3.8) is 0 Å². The molecule has 1 saturated heterocycles. The first-order chi connectivity index (χ1) is 9.12. The Bertz CT molecular complexity index is 391. The van der Waals surface area contributed by atoms with Crippen molar-refractivity contribution in [1.29, 1.82) is 0 Å². The van der Waals surface area contributed by atoms with Crippen LogP contribution in [0.4, 0.5) is 0 Å². The fourth-order valence-electron chi connectivity index (χ4n) is 2.08. The zero-order valence-corrected chi connectivity index (χ0v) is 10.9. The zero-order valence-electron chi connectivity index (χ0n) is 10.9. The number of amides is 2. The Morgan fingerprint density at radius 3 is 2.89 bits per heavy atom. The predicted molar refractivity (Wildman–Crippen MR) is 68.1 cm³/mol. The molecule has 2 unspecified atom stereocenters. The Balaban J connectivity index is 2.78. The van der Waals surface area contributed by atoms with Crippen LogP contribution in [0.25, 0.3) is 0 Å². The monoisotopic (exact) mass is 266 g/mol. The van der Waals surface area contributed by atoms with Gasteiger partial charge in [0.15, 0.2) is 0 Å². The minimum absolute atomic E-state index is 0.151. The molecule has 104 valence electrons. The van der Waals surface area contributed by atoms with Crippen LogP contribution in [0.1, 0.15) is 19.8 Å². The molecule has 6 heteroatoms. The van der Waals surface area contributed by atoms with Gasteiger partial charge < -0.3 is 19.7 Å². The minimum Gasteiger partial charge on any atom is -0.360 e. The molecular weight excluding hydrogens is 248 g/mol. The predicted octanol–water partition coefficient (Wildman–Crippen LogP) is -0.669. The summed E-state index contributed by atoms with van der Waals surface area (Å²) in [6, 6.07) is -0.603. The third-order valence-corrected chi connectivity index (χ3v) is 3.02. The second-order valence-electron chi connectivity index (χ2n) is 4.42. The van der Waals surface area contributed by atoms with E-state index in [1.54, 1.807) is 0 Å². The Labute approximate surface area is 112 Å². The topological polar surface area (TPSA) is 75.7 Å². The van der Waals surface area contributed by atoms with Crippen LogP contribution in [0.3, 0.4) is 0 Å². The van der Waals surface area contributed by atoms with E-state index in [-0.39, 0.29) is 19.0 Å². The molecule has 6 nitrogen and oxygen atoms in total. The molecule has 0 aromatic carbocycles. The molecule has 2 amide bonds. The zero-order chi connectivity index (χ0) is 14.3. The van der Waals surface area contributed by atoms with Gasteiger partial charge in [-0.05, 0) is 6.42 Å². The fourth-order valence-corrected chi connectivity index (χ4v) is 2.08. The summed E-state index contributed by atoms with van der Waals surface area (Å²) in [7, 11) is 0. The van der Waals surface area contributed by atoms with Crippen molar-refractivity contribution in [2.24, 2.45) is 0 Å². The van der Waals surface area contributed by atoms with Gasteiger partial charge in [-0.2, -0.15) is 0 Å². The second kappa shape index (κ2) is 6.90. The van der Waals surface area contributed by atoms with Gasteiger partial charge in [0.2, 0.25) is 12.3 Å². The van der Waals surface area contributed by atoms with Crippen LogP contribution in [0.5, 0.6) is 0 Å². The number of terminal acetylenes is 1. The molecule has 1 rings (SSSR count). The average molecular weight is 266 g/mol. The van der Waals surface area contributed by atoms with Crippen molar-refractivity contribution in [2.75, 3.05) is 19.7 Å². The summed E-state index contributed by atoms with van der Waals surface area (Å²) in [6.07, 6.45) is 7.71. The van der Waals surface area contributed by atoms with Crippen LogP contribution in [0.15, 0.2) is 0 Å². The molecule has 0 radical (unpaired) electrons. The van der Waals surface area contributed by atoms with E-state index in [4.69, 9.17) is 11.2 Å². The van der Waals surface area contributed by atoms with Crippen molar-refractivity contribution in [3.05, 3.63) is 0 Å². The molecule has 1 heterocycles. The maximum atomic E-state index is 11.9. The summed E-state index contributed by atoms with van der Waals surface area (Å²) < 4.78 is 5.63. The standard InChI is InChI=1S/C13H18N2O4/c1-3-5-19-13(4-2)6-11(8-16)15(9-13)12(18)7-14-10-17/h2,8,10-11H,3,5-7,9H2,1H3,(H,14,17). The smallest absolute Gasteiger partial charge is 0.242 e. The van der Waals surface area contributed by atoms with E-state index >= 15 is 0 Å². The lowest BCUT2D eigenvalue weighted by Crippen LogP contribution is -2.43. The van der Waals surface area contributed by atoms with E-state index < -0.39 is 11.6 Å². The number of hydrogen-bond acceptors (Lipinski definition) is 4. The second-order valence-corrected chi connectivity index (χ2v) is 4.42. The first kappa shape index (κ1) is 15.2. The molecule has 1 N–H and O–H groups in total. The molecule has 0 saturated carbocycles. The molecule has 0 aliphatic carbocycles. The first-order valence-corrected chi connectivity index (χ1v) is 6.16. The average Bonchev–Trinajstić information content (AvgIpc) is 2.82. The first-order valence-electron chi connectivity index (χ1n) is 6.16. The highest BCUT2D eigenvalue weighted by Gasteiger charge is 2.45.